The maximum atomic E-state index is 13.0. The van der Waals surface area contributed by atoms with E-state index in [2.05, 4.69) is 10.3 Å². The van der Waals surface area contributed by atoms with Crippen LogP contribution in [0, 0.1) is 5.82 Å². The Morgan fingerprint density at radius 3 is 2.76 bits per heavy atom. The minimum atomic E-state index is -0.859. The lowest BCUT2D eigenvalue weighted by atomic mass is 10.1. The van der Waals surface area contributed by atoms with Gasteiger partial charge >= 0.3 is 5.97 Å². The highest BCUT2D eigenvalue weighted by Crippen LogP contribution is 2.26. The summed E-state index contributed by atoms with van der Waals surface area (Å²) < 4.78 is 13.0. The van der Waals surface area contributed by atoms with Crippen LogP contribution in [0.4, 0.5) is 4.39 Å². The van der Waals surface area contributed by atoms with E-state index in [1.807, 2.05) is 24.4 Å². The van der Waals surface area contributed by atoms with Crippen molar-refractivity contribution in [2.24, 2.45) is 0 Å². The summed E-state index contributed by atoms with van der Waals surface area (Å²) in [5, 5.41) is 14.3. The molecule has 2 N–H and O–H groups in total. The third kappa shape index (κ3) is 4.34. The number of hydrogen-bond acceptors (Lipinski definition) is 4. The molecule has 2 aromatic heterocycles. The molecule has 6 heteroatoms. The fourth-order valence-electron chi connectivity index (χ4n) is 2.15. The Morgan fingerprint density at radius 2 is 2.24 bits per heavy atom. The number of nitrogens with one attached hydrogen (secondary N) is 1. The quantitative estimate of drug-likeness (QED) is 0.821. The van der Waals surface area contributed by atoms with Gasteiger partial charge in [-0.15, -0.1) is 11.3 Å². The van der Waals surface area contributed by atoms with Crippen LogP contribution >= 0.6 is 11.3 Å². The molecule has 0 bridgehead atoms. The summed E-state index contributed by atoms with van der Waals surface area (Å²) in [7, 11) is 0. The van der Waals surface area contributed by atoms with Crippen LogP contribution in [0.5, 0.6) is 0 Å². The molecule has 0 aromatic carbocycles. The van der Waals surface area contributed by atoms with Crippen molar-refractivity contribution in [3.8, 4) is 0 Å². The van der Waals surface area contributed by atoms with Crippen LogP contribution in [0.25, 0.3) is 0 Å². The summed E-state index contributed by atoms with van der Waals surface area (Å²) in [6, 6.07) is 6.41. The highest BCUT2D eigenvalue weighted by atomic mass is 32.1. The standard InChI is InChI=1S/C15H17FN2O2S/c1-2-11(12-6-5-10(16)9-17-12)18-13(8-15(19)20)14-4-3-7-21-14/h3-7,9,11,13,18H,2,8H2,1H3,(H,19,20). The van der Waals surface area contributed by atoms with Crippen LogP contribution in [-0.2, 0) is 4.79 Å². The SMILES string of the molecule is CCC(NC(CC(=O)O)c1cccs1)c1ccc(F)cn1. The molecule has 0 spiro atoms. The van der Waals surface area contributed by atoms with Crippen molar-refractivity contribution in [2.75, 3.05) is 0 Å². The normalized spacial score (nSPS) is 13.8. The summed E-state index contributed by atoms with van der Waals surface area (Å²) in [5.41, 5.74) is 0.714. The first-order chi connectivity index (χ1) is 10.1. The lowest BCUT2D eigenvalue weighted by Gasteiger charge is -2.23. The van der Waals surface area contributed by atoms with Gasteiger partial charge in [0.2, 0.25) is 0 Å². The van der Waals surface area contributed by atoms with Crippen LogP contribution in [0.1, 0.15) is 42.4 Å². The van der Waals surface area contributed by atoms with Crippen molar-refractivity contribution in [3.63, 3.8) is 0 Å². The lowest BCUT2D eigenvalue weighted by molar-refractivity contribution is -0.137. The monoisotopic (exact) mass is 308 g/mol. The second-order valence-corrected chi connectivity index (χ2v) is 5.67. The van der Waals surface area contributed by atoms with Crippen molar-refractivity contribution in [1.82, 2.24) is 10.3 Å². The molecule has 0 radical (unpaired) electrons. The molecule has 112 valence electrons. The smallest absolute Gasteiger partial charge is 0.305 e. The highest BCUT2D eigenvalue weighted by molar-refractivity contribution is 7.10. The maximum Gasteiger partial charge on any atom is 0.305 e. The fraction of sp³-hybridized carbons (Fsp3) is 0.333. The number of hydrogen-bond donors (Lipinski definition) is 2. The van der Waals surface area contributed by atoms with Gasteiger partial charge in [-0.05, 0) is 30.0 Å². The Hall–Kier alpha value is -1.79. The van der Waals surface area contributed by atoms with Gasteiger partial charge in [0.25, 0.3) is 0 Å². The summed E-state index contributed by atoms with van der Waals surface area (Å²) in [6.07, 6.45) is 1.91. The summed E-state index contributed by atoms with van der Waals surface area (Å²) >= 11 is 1.52. The van der Waals surface area contributed by atoms with Crippen LogP contribution in [0.2, 0.25) is 0 Å². The third-order valence-corrected chi connectivity index (χ3v) is 4.17. The predicted octanol–water partition coefficient (Wildman–Crippen LogP) is 3.54. The van der Waals surface area contributed by atoms with Gasteiger partial charge in [-0.25, -0.2) is 4.39 Å². The van der Waals surface area contributed by atoms with Crippen molar-refractivity contribution in [3.05, 3.63) is 52.2 Å². The average molecular weight is 308 g/mol. The maximum absolute atomic E-state index is 13.0. The van der Waals surface area contributed by atoms with E-state index >= 15 is 0 Å². The van der Waals surface area contributed by atoms with Crippen molar-refractivity contribution < 1.29 is 14.3 Å². The zero-order valence-electron chi connectivity index (χ0n) is 11.6. The van der Waals surface area contributed by atoms with E-state index in [9.17, 15) is 9.18 Å². The number of halogens is 1. The number of thiophene rings is 1. The van der Waals surface area contributed by atoms with E-state index in [1.165, 1.54) is 23.6 Å². The van der Waals surface area contributed by atoms with Crippen LogP contribution in [0.15, 0.2) is 35.8 Å². The Morgan fingerprint density at radius 1 is 1.43 bits per heavy atom. The fourth-order valence-corrected chi connectivity index (χ4v) is 2.94. The van der Waals surface area contributed by atoms with Crippen LogP contribution in [0.3, 0.4) is 0 Å². The molecule has 0 saturated carbocycles. The number of aromatic nitrogens is 1. The van der Waals surface area contributed by atoms with Gasteiger partial charge in [-0.3, -0.25) is 9.78 Å². The zero-order chi connectivity index (χ0) is 15.2. The second kappa shape index (κ2) is 7.28. The van der Waals surface area contributed by atoms with E-state index in [-0.39, 0.29) is 24.3 Å². The molecule has 2 atom stereocenters. The molecule has 0 saturated heterocycles. The number of nitrogens with zero attached hydrogens (tertiary/aromatic N) is 1. The van der Waals surface area contributed by atoms with Crippen molar-refractivity contribution in [1.29, 1.82) is 0 Å². The van der Waals surface area contributed by atoms with E-state index < -0.39 is 5.97 Å². The van der Waals surface area contributed by atoms with Gasteiger partial charge in [-0.1, -0.05) is 13.0 Å². The Balaban J connectivity index is 2.16. The first-order valence-electron chi connectivity index (χ1n) is 6.72. The summed E-state index contributed by atoms with van der Waals surface area (Å²) in [6.45, 7) is 1.98. The number of aliphatic carboxylic acids is 1. The van der Waals surface area contributed by atoms with Crippen molar-refractivity contribution >= 4 is 17.3 Å². The van der Waals surface area contributed by atoms with Crippen LogP contribution in [-0.4, -0.2) is 16.1 Å². The molecular formula is C15H17FN2O2S. The topological polar surface area (TPSA) is 62.2 Å². The summed E-state index contributed by atoms with van der Waals surface area (Å²) in [5.74, 6) is -1.24. The van der Waals surface area contributed by atoms with E-state index in [0.29, 0.717) is 5.69 Å². The van der Waals surface area contributed by atoms with Gasteiger partial charge < -0.3 is 10.4 Å². The Kier molecular flexibility index (Phi) is 5.41. The van der Waals surface area contributed by atoms with Gasteiger partial charge in [0.1, 0.15) is 5.82 Å². The van der Waals surface area contributed by atoms with Crippen molar-refractivity contribution in [2.45, 2.75) is 31.8 Å². The predicted molar refractivity (Wildman–Crippen MR) is 79.7 cm³/mol. The van der Waals surface area contributed by atoms with Gasteiger partial charge in [0, 0.05) is 10.9 Å². The Bertz CT molecular complexity index is 572. The molecule has 0 fully saturated rings. The van der Waals surface area contributed by atoms with Gasteiger partial charge in [0.05, 0.1) is 24.4 Å². The first kappa shape index (κ1) is 15.6. The van der Waals surface area contributed by atoms with Gasteiger partial charge in [0.15, 0.2) is 0 Å². The lowest BCUT2D eigenvalue weighted by Crippen LogP contribution is -2.28. The number of carboxylic acids is 1. The number of pyridine rings is 1. The minimum Gasteiger partial charge on any atom is -0.481 e. The molecule has 21 heavy (non-hydrogen) atoms. The third-order valence-electron chi connectivity index (χ3n) is 3.18. The Labute approximate surface area is 126 Å². The largest absolute Gasteiger partial charge is 0.481 e. The molecule has 2 unspecified atom stereocenters. The number of carboxylic acid groups (broad SMARTS) is 1. The highest BCUT2D eigenvalue weighted by Gasteiger charge is 2.21. The molecule has 0 aliphatic carbocycles. The van der Waals surface area contributed by atoms with E-state index in [0.717, 1.165) is 11.3 Å². The zero-order valence-corrected chi connectivity index (χ0v) is 12.4. The average Bonchev–Trinajstić information content (AvgIpc) is 2.98. The molecule has 0 aliphatic rings. The van der Waals surface area contributed by atoms with Crippen LogP contribution < -0.4 is 5.32 Å². The number of rotatable bonds is 7. The molecule has 0 amide bonds. The molecule has 4 nitrogen and oxygen atoms in total. The van der Waals surface area contributed by atoms with Gasteiger partial charge in [-0.2, -0.15) is 0 Å². The molecular weight excluding hydrogens is 291 g/mol. The summed E-state index contributed by atoms with van der Waals surface area (Å²) in [4.78, 5) is 16.1. The molecule has 2 rings (SSSR count). The second-order valence-electron chi connectivity index (χ2n) is 4.69. The first-order valence-corrected chi connectivity index (χ1v) is 7.60. The van der Waals surface area contributed by atoms with E-state index in [1.54, 1.807) is 6.07 Å². The minimum absolute atomic E-state index is 0.00178. The molecule has 0 aliphatic heterocycles. The molecule has 2 aromatic rings. The number of carbonyl (C=O) groups is 1. The molecule has 2 heterocycles. The van der Waals surface area contributed by atoms with E-state index in [4.69, 9.17) is 5.11 Å².